The van der Waals surface area contributed by atoms with Gasteiger partial charge in [-0.1, -0.05) is 12.0 Å². The molecule has 2 heterocycles. The van der Waals surface area contributed by atoms with E-state index in [9.17, 15) is 0 Å². The molecule has 2 aromatic rings. The molecule has 0 aliphatic rings. The van der Waals surface area contributed by atoms with Crippen LogP contribution in [-0.4, -0.2) is 28.8 Å². The van der Waals surface area contributed by atoms with Crippen LogP contribution in [0.15, 0.2) is 9.93 Å². The summed E-state index contributed by atoms with van der Waals surface area (Å²) >= 11 is 1.69. The van der Waals surface area contributed by atoms with Crippen LogP contribution in [-0.2, 0) is 12.8 Å². The Morgan fingerprint density at radius 2 is 2.24 bits per heavy atom. The highest BCUT2D eigenvalue weighted by atomic mass is 32.1. The molecule has 0 amide bonds. The van der Waals surface area contributed by atoms with Crippen molar-refractivity contribution in [1.82, 2.24) is 15.2 Å². The number of anilines is 1. The first-order chi connectivity index (χ1) is 8.20. The first-order valence-corrected chi connectivity index (χ1v) is 6.51. The Morgan fingerprint density at radius 3 is 2.82 bits per heavy atom. The average molecular weight is 252 g/mol. The second-order valence-corrected chi connectivity index (χ2v) is 4.80. The van der Waals surface area contributed by atoms with Gasteiger partial charge in [0.05, 0.1) is 11.2 Å². The molecule has 2 aromatic heterocycles. The van der Waals surface area contributed by atoms with E-state index >= 15 is 0 Å². The third kappa shape index (κ3) is 2.82. The molecular formula is C11H16N4OS. The van der Waals surface area contributed by atoms with Crippen LogP contribution in [0, 0.1) is 6.92 Å². The van der Waals surface area contributed by atoms with Crippen molar-refractivity contribution in [2.75, 3.05) is 18.5 Å². The highest BCUT2D eigenvalue weighted by Gasteiger charge is 2.10. The Labute approximate surface area is 105 Å². The number of thiazole rings is 1. The van der Waals surface area contributed by atoms with Gasteiger partial charge >= 0.3 is 6.01 Å². The molecule has 0 unspecified atom stereocenters. The van der Waals surface area contributed by atoms with E-state index in [2.05, 4.69) is 15.2 Å². The second kappa shape index (κ2) is 5.27. The summed E-state index contributed by atoms with van der Waals surface area (Å²) in [4.78, 5) is 7.52. The van der Waals surface area contributed by atoms with Gasteiger partial charge in [-0.05, 0) is 6.92 Å². The summed E-state index contributed by atoms with van der Waals surface area (Å²) in [5.41, 5.74) is 3.00. The maximum atomic E-state index is 5.49. The van der Waals surface area contributed by atoms with E-state index < -0.39 is 0 Å². The lowest BCUT2D eigenvalue weighted by atomic mass is 10.3. The minimum atomic E-state index is 0.587. The zero-order chi connectivity index (χ0) is 12.3. The van der Waals surface area contributed by atoms with Crippen molar-refractivity contribution in [1.29, 1.82) is 0 Å². The summed E-state index contributed by atoms with van der Waals surface area (Å²) in [5, 5.41) is 7.96. The minimum Gasteiger partial charge on any atom is -0.408 e. The predicted octanol–water partition coefficient (Wildman–Crippen LogP) is 2.08. The first kappa shape index (κ1) is 12.0. The smallest absolute Gasteiger partial charge is 0.317 e. The third-order valence-electron chi connectivity index (χ3n) is 2.60. The number of rotatable bonds is 5. The molecular weight excluding hydrogens is 236 g/mol. The van der Waals surface area contributed by atoms with Crippen LogP contribution >= 0.6 is 11.3 Å². The molecule has 92 valence electrons. The molecule has 2 rings (SSSR count). The standard InChI is InChI=1S/C11H16N4OS/c1-4-10-13-14-11(16-10)15(3)6-5-9-8(2)12-7-17-9/h7H,4-6H2,1-3H3. The number of hydrogen-bond acceptors (Lipinski definition) is 6. The van der Waals surface area contributed by atoms with E-state index in [0.717, 1.165) is 25.1 Å². The summed E-state index contributed by atoms with van der Waals surface area (Å²) in [6.07, 6.45) is 1.73. The van der Waals surface area contributed by atoms with E-state index in [1.165, 1.54) is 4.88 Å². The molecule has 0 N–H and O–H groups in total. The van der Waals surface area contributed by atoms with Crippen LogP contribution in [0.25, 0.3) is 0 Å². The van der Waals surface area contributed by atoms with Crippen LogP contribution in [0.2, 0.25) is 0 Å². The van der Waals surface area contributed by atoms with Crippen LogP contribution in [0.3, 0.4) is 0 Å². The maximum absolute atomic E-state index is 5.49. The minimum absolute atomic E-state index is 0.587. The van der Waals surface area contributed by atoms with Gasteiger partial charge in [0.15, 0.2) is 0 Å². The number of nitrogens with zero attached hydrogens (tertiary/aromatic N) is 4. The van der Waals surface area contributed by atoms with Crippen molar-refractivity contribution in [2.24, 2.45) is 0 Å². The van der Waals surface area contributed by atoms with E-state index in [-0.39, 0.29) is 0 Å². The fraction of sp³-hybridized carbons (Fsp3) is 0.545. The Bertz CT molecular complexity index is 479. The second-order valence-electron chi connectivity index (χ2n) is 3.86. The van der Waals surface area contributed by atoms with Gasteiger partial charge in [0.2, 0.25) is 5.89 Å². The lowest BCUT2D eigenvalue weighted by Crippen LogP contribution is -2.20. The molecule has 0 aromatic carbocycles. The van der Waals surface area contributed by atoms with E-state index in [1.807, 2.05) is 31.3 Å². The SMILES string of the molecule is CCc1nnc(N(C)CCc2scnc2C)o1. The number of hydrogen-bond donors (Lipinski definition) is 0. The molecule has 6 heteroatoms. The molecule has 5 nitrogen and oxygen atoms in total. The zero-order valence-electron chi connectivity index (χ0n) is 10.3. The Hall–Kier alpha value is -1.43. The zero-order valence-corrected chi connectivity index (χ0v) is 11.1. The molecule has 0 bridgehead atoms. The van der Waals surface area contributed by atoms with Gasteiger partial charge in [-0.25, -0.2) is 4.98 Å². The summed E-state index contributed by atoms with van der Waals surface area (Å²) in [7, 11) is 1.96. The van der Waals surface area contributed by atoms with Crippen LogP contribution in [0.1, 0.15) is 23.4 Å². The average Bonchev–Trinajstić information content (AvgIpc) is 2.94. The van der Waals surface area contributed by atoms with Crippen molar-refractivity contribution in [3.63, 3.8) is 0 Å². The molecule has 0 fully saturated rings. The maximum Gasteiger partial charge on any atom is 0.317 e. The van der Waals surface area contributed by atoms with Crippen LogP contribution < -0.4 is 4.90 Å². The van der Waals surface area contributed by atoms with Gasteiger partial charge < -0.3 is 9.32 Å². The molecule has 0 aliphatic carbocycles. The number of aryl methyl sites for hydroxylation is 2. The topological polar surface area (TPSA) is 55.1 Å². The van der Waals surface area contributed by atoms with Crippen LogP contribution in [0.4, 0.5) is 6.01 Å². The lowest BCUT2D eigenvalue weighted by Gasteiger charge is -2.12. The fourth-order valence-electron chi connectivity index (χ4n) is 1.47. The quantitative estimate of drug-likeness (QED) is 0.815. The number of likely N-dealkylation sites (N-methyl/N-ethyl adjacent to an activating group) is 1. The molecule has 0 atom stereocenters. The Balaban J connectivity index is 1.93. The van der Waals surface area contributed by atoms with Crippen molar-refractivity contribution in [2.45, 2.75) is 26.7 Å². The van der Waals surface area contributed by atoms with Crippen molar-refractivity contribution in [3.8, 4) is 0 Å². The summed E-state index contributed by atoms with van der Waals surface area (Å²) < 4.78 is 5.49. The normalized spacial score (nSPS) is 10.8. The van der Waals surface area contributed by atoms with Gasteiger partial charge in [0.25, 0.3) is 0 Å². The van der Waals surface area contributed by atoms with Gasteiger partial charge in [-0.2, -0.15) is 0 Å². The largest absolute Gasteiger partial charge is 0.408 e. The predicted molar refractivity (Wildman–Crippen MR) is 67.5 cm³/mol. The molecule has 0 radical (unpaired) electrons. The van der Waals surface area contributed by atoms with E-state index in [1.54, 1.807) is 11.3 Å². The monoisotopic (exact) mass is 252 g/mol. The molecule has 0 saturated heterocycles. The summed E-state index contributed by atoms with van der Waals surface area (Å²) in [5.74, 6) is 0.681. The Kier molecular flexibility index (Phi) is 3.73. The fourth-order valence-corrected chi connectivity index (χ4v) is 2.24. The van der Waals surface area contributed by atoms with Crippen LogP contribution in [0.5, 0.6) is 0 Å². The Morgan fingerprint density at radius 1 is 1.41 bits per heavy atom. The van der Waals surface area contributed by atoms with Gasteiger partial charge in [0.1, 0.15) is 0 Å². The molecule has 0 saturated carbocycles. The first-order valence-electron chi connectivity index (χ1n) is 5.63. The van der Waals surface area contributed by atoms with Crippen molar-refractivity contribution >= 4 is 17.4 Å². The molecule has 17 heavy (non-hydrogen) atoms. The van der Waals surface area contributed by atoms with E-state index in [4.69, 9.17) is 4.42 Å². The highest BCUT2D eigenvalue weighted by molar-refractivity contribution is 7.09. The van der Waals surface area contributed by atoms with Gasteiger partial charge in [-0.15, -0.1) is 16.4 Å². The summed E-state index contributed by atoms with van der Waals surface area (Å²) in [6.45, 7) is 4.89. The van der Waals surface area contributed by atoms with Gasteiger partial charge in [-0.3, -0.25) is 0 Å². The van der Waals surface area contributed by atoms with Gasteiger partial charge in [0, 0.05) is 31.3 Å². The summed E-state index contributed by atoms with van der Waals surface area (Å²) in [6, 6.07) is 0.587. The highest BCUT2D eigenvalue weighted by Crippen LogP contribution is 2.15. The lowest BCUT2D eigenvalue weighted by molar-refractivity contribution is 0.495. The van der Waals surface area contributed by atoms with E-state index in [0.29, 0.717) is 11.9 Å². The van der Waals surface area contributed by atoms with Crippen molar-refractivity contribution in [3.05, 3.63) is 22.0 Å². The molecule has 0 spiro atoms. The number of aromatic nitrogens is 3. The van der Waals surface area contributed by atoms with Crippen molar-refractivity contribution < 1.29 is 4.42 Å². The third-order valence-corrected chi connectivity index (χ3v) is 3.60. The molecule has 0 aliphatic heterocycles.